The molecular weight excluding hydrogens is 678 g/mol. The molecule has 0 fully saturated rings. The summed E-state index contributed by atoms with van der Waals surface area (Å²) in [6, 6.07) is 1.94. The van der Waals surface area contributed by atoms with Gasteiger partial charge in [-0.05, 0) is 80.3 Å². The van der Waals surface area contributed by atoms with Crippen molar-refractivity contribution in [2.75, 3.05) is 25.2 Å². The summed E-state index contributed by atoms with van der Waals surface area (Å²) in [5, 5.41) is 8.95. The first-order valence-electron chi connectivity index (χ1n) is 7.09. The quantitative estimate of drug-likeness (QED) is 0.247. The summed E-state index contributed by atoms with van der Waals surface area (Å²) in [5.74, 6) is -0.360. The Balaban J connectivity index is 0.00000576. The summed E-state index contributed by atoms with van der Waals surface area (Å²) in [7, 11) is 1.72. The first-order chi connectivity index (χ1) is 11.2. The molecule has 0 radical (unpaired) electrons. The van der Waals surface area contributed by atoms with Gasteiger partial charge in [0.05, 0.1) is 19.4 Å². The number of halogens is 3. The predicted octanol–water partition coefficient (Wildman–Crippen LogP) is 0.746. The van der Waals surface area contributed by atoms with Crippen LogP contribution in [0.2, 0.25) is 0 Å². The Kier molecular flexibility index (Phi) is 13.1. The molecule has 1 aromatic rings. The zero-order chi connectivity index (χ0) is 18.4. The van der Waals surface area contributed by atoms with Crippen molar-refractivity contribution in [2.45, 2.75) is 26.4 Å². The van der Waals surface area contributed by atoms with Crippen molar-refractivity contribution in [3.8, 4) is 5.75 Å². The van der Waals surface area contributed by atoms with Crippen molar-refractivity contribution < 1.29 is 53.7 Å². The van der Waals surface area contributed by atoms with E-state index >= 15 is 0 Å². The predicted molar refractivity (Wildman–Crippen MR) is 117 cm³/mol. The fourth-order valence-corrected chi connectivity index (χ4v) is 6.26. The number of carbonyl (C=O) groups excluding carboxylic acids is 1. The number of carboxylic acids is 1. The number of nitrogens with zero attached hydrogens (tertiary/aromatic N) is 1. The van der Waals surface area contributed by atoms with E-state index in [1.807, 2.05) is 6.07 Å². The number of anilines is 1. The van der Waals surface area contributed by atoms with E-state index in [4.69, 9.17) is 14.6 Å². The zero-order valence-electron chi connectivity index (χ0n) is 14.4. The summed E-state index contributed by atoms with van der Waals surface area (Å²) >= 11 is 6.53. The minimum atomic E-state index is -0.971. The molecule has 0 aliphatic rings. The first-order valence-corrected chi connectivity index (χ1v) is 10.3. The molecule has 1 atom stereocenters. The van der Waals surface area contributed by atoms with Crippen molar-refractivity contribution in [1.82, 2.24) is 0 Å². The Bertz CT molecular complexity index is 630. The first kappa shape index (κ1) is 26.1. The van der Waals surface area contributed by atoms with Gasteiger partial charge in [0.2, 0.25) is 5.91 Å². The molecule has 0 spiro atoms. The van der Waals surface area contributed by atoms with E-state index in [9.17, 15) is 9.59 Å². The number of hydrogen-bond donors (Lipinski definition) is 1. The van der Waals surface area contributed by atoms with Crippen molar-refractivity contribution in [3.05, 3.63) is 16.8 Å². The van der Waals surface area contributed by atoms with E-state index in [0.29, 0.717) is 12.2 Å². The number of carbonyl (C=O) groups is 2. The van der Waals surface area contributed by atoms with Gasteiger partial charge in [-0.2, -0.15) is 0 Å². The van der Waals surface area contributed by atoms with Crippen LogP contribution in [0.15, 0.2) is 6.07 Å². The van der Waals surface area contributed by atoms with Gasteiger partial charge >= 0.3 is 35.5 Å². The average molecular weight is 696 g/mol. The number of ether oxygens (including phenoxy) is 2. The molecule has 6 nitrogen and oxygen atoms in total. The van der Waals surface area contributed by atoms with E-state index in [-0.39, 0.29) is 48.7 Å². The van der Waals surface area contributed by atoms with Gasteiger partial charge in [-0.25, -0.2) is 4.79 Å². The van der Waals surface area contributed by atoms with Gasteiger partial charge in [0.25, 0.3) is 0 Å². The second kappa shape index (κ2) is 12.5. The molecule has 0 bridgehead atoms. The summed E-state index contributed by atoms with van der Waals surface area (Å²) in [6.07, 6.45) is -0.413. The van der Waals surface area contributed by atoms with Gasteiger partial charge in [-0.1, -0.05) is 6.92 Å². The van der Waals surface area contributed by atoms with E-state index in [0.717, 1.165) is 16.4 Å². The molecule has 25 heavy (non-hydrogen) atoms. The molecule has 1 amide bonds. The van der Waals surface area contributed by atoms with Crippen LogP contribution in [0.3, 0.4) is 0 Å². The van der Waals surface area contributed by atoms with Crippen LogP contribution in [-0.2, 0) is 14.3 Å². The average Bonchev–Trinajstić information content (AvgIpc) is 2.48. The fraction of sp³-hybridized carbons (Fsp3) is 0.467. The molecule has 0 aromatic heterocycles. The number of aliphatic carboxylic acids is 1. The van der Waals surface area contributed by atoms with E-state index in [2.05, 4.69) is 67.8 Å². The summed E-state index contributed by atoms with van der Waals surface area (Å²) in [5.41, 5.74) is 0.803. The van der Waals surface area contributed by atoms with Crippen LogP contribution >= 0.6 is 67.8 Å². The van der Waals surface area contributed by atoms with Gasteiger partial charge in [0, 0.05) is 17.5 Å². The van der Waals surface area contributed by atoms with E-state index < -0.39 is 12.1 Å². The van der Waals surface area contributed by atoms with Crippen LogP contribution in [0.1, 0.15) is 20.3 Å². The maximum absolute atomic E-state index is 11.7. The Morgan fingerprint density at radius 1 is 1.24 bits per heavy atom. The fourth-order valence-electron chi connectivity index (χ4n) is 1.86. The molecule has 1 unspecified atom stereocenters. The molecule has 0 aliphatic heterocycles. The Morgan fingerprint density at radius 3 is 2.32 bits per heavy atom. The third-order valence-electron chi connectivity index (χ3n) is 3.21. The van der Waals surface area contributed by atoms with Crippen molar-refractivity contribution in [2.24, 2.45) is 0 Å². The summed E-state index contributed by atoms with van der Waals surface area (Å²) in [6.45, 7) is 3.68. The van der Waals surface area contributed by atoms with Crippen molar-refractivity contribution >= 4 is 85.3 Å². The van der Waals surface area contributed by atoms with Crippen LogP contribution in [0.25, 0.3) is 0 Å². The standard InChI is InChI=1S/C15H18I3NO5.Na/c1-4-11(15(21)22)23-5-6-24-14-10(17)7-9(16)13(12(14)18)19(3)8(2)20;/h7,11H,4-6H2,1-3H3,(H,21,22);/q;+1. The van der Waals surface area contributed by atoms with Crippen LogP contribution in [0.4, 0.5) is 5.69 Å². The van der Waals surface area contributed by atoms with Crippen molar-refractivity contribution in [3.63, 3.8) is 0 Å². The Labute approximate surface area is 210 Å². The van der Waals surface area contributed by atoms with Gasteiger partial charge in [0.15, 0.2) is 6.10 Å². The molecule has 134 valence electrons. The third kappa shape index (κ3) is 7.56. The molecule has 1 aromatic carbocycles. The normalized spacial score (nSPS) is 11.4. The number of rotatable bonds is 8. The van der Waals surface area contributed by atoms with Gasteiger partial charge < -0.3 is 19.5 Å². The van der Waals surface area contributed by atoms with Gasteiger partial charge in [0.1, 0.15) is 12.4 Å². The second-order valence-electron chi connectivity index (χ2n) is 4.86. The largest absolute Gasteiger partial charge is 1.00 e. The van der Waals surface area contributed by atoms with E-state index in [1.165, 1.54) is 6.92 Å². The molecule has 0 aliphatic carbocycles. The molecule has 1 rings (SSSR count). The molecular formula is C15H18I3NNaO5+. The Hall–Kier alpha value is 1.11. The Morgan fingerprint density at radius 2 is 1.84 bits per heavy atom. The van der Waals surface area contributed by atoms with E-state index in [1.54, 1.807) is 18.9 Å². The van der Waals surface area contributed by atoms with Gasteiger partial charge in [-0.15, -0.1) is 0 Å². The minimum Gasteiger partial charge on any atom is -0.489 e. The smallest absolute Gasteiger partial charge is 0.489 e. The van der Waals surface area contributed by atoms with Crippen LogP contribution in [0, 0.1) is 10.7 Å². The molecule has 1 N–H and O–H groups in total. The zero-order valence-corrected chi connectivity index (χ0v) is 22.9. The molecule has 10 heteroatoms. The SMILES string of the molecule is CCC(OCCOc1c(I)cc(I)c(N(C)C(C)=O)c1I)C(=O)O.[Na+]. The van der Waals surface area contributed by atoms with Crippen LogP contribution in [0.5, 0.6) is 5.75 Å². The number of benzene rings is 1. The van der Waals surface area contributed by atoms with Crippen LogP contribution in [-0.4, -0.2) is 43.3 Å². The molecule has 0 saturated carbocycles. The molecule has 0 heterocycles. The monoisotopic (exact) mass is 696 g/mol. The number of amides is 1. The number of hydrogen-bond acceptors (Lipinski definition) is 4. The molecule has 0 saturated heterocycles. The second-order valence-corrected chi connectivity index (χ2v) is 8.27. The third-order valence-corrected chi connectivity index (χ3v) is 5.83. The van der Waals surface area contributed by atoms with Crippen LogP contribution < -0.4 is 39.2 Å². The van der Waals surface area contributed by atoms with Gasteiger partial charge in [-0.3, -0.25) is 4.79 Å². The minimum absolute atomic E-state index is 0. The van der Waals surface area contributed by atoms with Crippen molar-refractivity contribution in [1.29, 1.82) is 0 Å². The summed E-state index contributed by atoms with van der Waals surface area (Å²) in [4.78, 5) is 24.2. The maximum atomic E-state index is 11.7. The topological polar surface area (TPSA) is 76.1 Å². The number of carboxylic acid groups (broad SMARTS) is 1. The maximum Gasteiger partial charge on any atom is 1.00 e. The summed E-state index contributed by atoms with van der Waals surface area (Å²) < 4.78 is 13.8.